The number of rotatable bonds is 3. The molecule has 0 aromatic carbocycles. The third kappa shape index (κ3) is 1.73. The predicted molar refractivity (Wildman–Crippen MR) is 53.6 cm³/mol. The lowest BCUT2D eigenvalue weighted by atomic mass is 9.99. The minimum Gasteiger partial charge on any atom is -0.481 e. The second kappa shape index (κ2) is 4.00. The third-order valence-electron chi connectivity index (χ3n) is 2.81. The molecule has 0 aliphatic carbocycles. The number of carbonyl (C=O) groups is 1. The molecule has 1 unspecified atom stereocenters. The Balaban J connectivity index is 2.33. The van der Waals surface area contributed by atoms with Gasteiger partial charge in [0.05, 0.1) is 0 Å². The Hall–Kier alpha value is -1.39. The molecule has 0 radical (unpaired) electrons. The van der Waals surface area contributed by atoms with Crippen molar-refractivity contribution in [1.29, 1.82) is 0 Å². The van der Waals surface area contributed by atoms with Crippen molar-refractivity contribution in [2.45, 2.75) is 45.1 Å². The number of carboxylic acid groups (broad SMARTS) is 1. The number of carboxylic acids is 1. The Bertz CT molecular complexity index is 373. The smallest absolute Gasteiger partial charge is 0.314 e. The molecule has 0 spiro atoms. The van der Waals surface area contributed by atoms with Crippen LogP contribution in [0, 0.1) is 0 Å². The average Bonchev–Trinajstić information content (AvgIpc) is 2.62. The van der Waals surface area contributed by atoms with E-state index in [0.717, 1.165) is 31.6 Å². The highest BCUT2D eigenvalue weighted by Crippen LogP contribution is 2.26. The summed E-state index contributed by atoms with van der Waals surface area (Å²) >= 11 is 0. The molecule has 5 nitrogen and oxygen atoms in total. The number of aromatic nitrogens is 3. The topological polar surface area (TPSA) is 68.0 Å². The van der Waals surface area contributed by atoms with Crippen LogP contribution >= 0.6 is 0 Å². The summed E-state index contributed by atoms with van der Waals surface area (Å²) < 4.78 is 1.98. The van der Waals surface area contributed by atoms with Crippen LogP contribution < -0.4 is 0 Å². The number of fused-ring (bicyclic) bond motifs is 1. The first kappa shape index (κ1) is 10.1. The van der Waals surface area contributed by atoms with Gasteiger partial charge in [0.25, 0.3) is 0 Å². The summed E-state index contributed by atoms with van der Waals surface area (Å²) in [5.74, 6) is 0.318. The van der Waals surface area contributed by atoms with E-state index >= 15 is 0 Å². The zero-order chi connectivity index (χ0) is 10.8. The maximum atomic E-state index is 11.0. The van der Waals surface area contributed by atoms with Crippen LogP contribution in [-0.4, -0.2) is 25.8 Å². The van der Waals surface area contributed by atoms with Crippen LogP contribution in [0.3, 0.4) is 0 Å². The summed E-state index contributed by atoms with van der Waals surface area (Å²) in [6.07, 6.45) is 3.47. The lowest BCUT2D eigenvalue weighted by molar-refractivity contribution is -0.139. The molecule has 1 atom stereocenters. The highest BCUT2D eigenvalue weighted by molar-refractivity contribution is 5.75. The molecular weight excluding hydrogens is 194 g/mol. The molecule has 0 bridgehead atoms. The van der Waals surface area contributed by atoms with Crippen molar-refractivity contribution < 1.29 is 9.90 Å². The van der Waals surface area contributed by atoms with Crippen molar-refractivity contribution in [3.05, 3.63) is 11.6 Å². The van der Waals surface area contributed by atoms with Crippen LogP contribution in [0.15, 0.2) is 0 Å². The fourth-order valence-electron chi connectivity index (χ4n) is 2.08. The van der Waals surface area contributed by atoms with Gasteiger partial charge in [-0.05, 0) is 19.3 Å². The van der Waals surface area contributed by atoms with E-state index in [9.17, 15) is 4.79 Å². The Morgan fingerprint density at radius 2 is 2.40 bits per heavy atom. The Labute approximate surface area is 88.1 Å². The van der Waals surface area contributed by atoms with Gasteiger partial charge in [-0.2, -0.15) is 0 Å². The van der Waals surface area contributed by atoms with Gasteiger partial charge in [-0.15, -0.1) is 10.2 Å². The minimum absolute atomic E-state index is 0.461. The first-order valence-electron chi connectivity index (χ1n) is 5.38. The minimum atomic E-state index is -0.786. The lowest BCUT2D eigenvalue weighted by Gasteiger charge is -2.20. The Morgan fingerprint density at radius 1 is 1.60 bits per heavy atom. The van der Waals surface area contributed by atoms with Gasteiger partial charge in [0.15, 0.2) is 0 Å². The van der Waals surface area contributed by atoms with E-state index in [2.05, 4.69) is 17.1 Å². The summed E-state index contributed by atoms with van der Waals surface area (Å²) in [6.45, 7) is 2.95. The van der Waals surface area contributed by atoms with Crippen molar-refractivity contribution in [2.24, 2.45) is 0 Å². The summed E-state index contributed by atoms with van der Waals surface area (Å²) in [7, 11) is 0. The van der Waals surface area contributed by atoms with E-state index in [4.69, 9.17) is 5.11 Å². The van der Waals surface area contributed by atoms with Crippen molar-refractivity contribution >= 4 is 5.97 Å². The van der Waals surface area contributed by atoms with E-state index in [1.807, 2.05) is 4.57 Å². The molecule has 0 amide bonds. The van der Waals surface area contributed by atoms with Gasteiger partial charge in [0.2, 0.25) is 0 Å². The van der Waals surface area contributed by atoms with E-state index in [1.54, 1.807) is 0 Å². The van der Waals surface area contributed by atoms with Gasteiger partial charge < -0.3 is 9.67 Å². The van der Waals surface area contributed by atoms with Crippen molar-refractivity contribution in [3.63, 3.8) is 0 Å². The molecule has 1 N–H and O–H groups in total. The lowest BCUT2D eigenvalue weighted by Crippen LogP contribution is -2.23. The van der Waals surface area contributed by atoms with E-state index in [0.29, 0.717) is 12.2 Å². The van der Waals surface area contributed by atoms with E-state index in [1.165, 1.54) is 0 Å². The SMILES string of the molecule is CCCc1nnc2n1CCCC2C(=O)O. The van der Waals surface area contributed by atoms with Gasteiger partial charge in [0.1, 0.15) is 17.6 Å². The first-order chi connectivity index (χ1) is 7.24. The monoisotopic (exact) mass is 209 g/mol. The second-order valence-electron chi connectivity index (χ2n) is 3.91. The highest BCUT2D eigenvalue weighted by Gasteiger charge is 2.30. The zero-order valence-electron chi connectivity index (χ0n) is 8.81. The van der Waals surface area contributed by atoms with Gasteiger partial charge in [-0.1, -0.05) is 6.92 Å². The quantitative estimate of drug-likeness (QED) is 0.812. The molecule has 1 aromatic heterocycles. The average molecular weight is 209 g/mol. The van der Waals surface area contributed by atoms with Gasteiger partial charge in [0, 0.05) is 13.0 Å². The fourth-order valence-corrected chi connectivity index (χ4v) is 2.08. The molecule has 0 saturated carbocycles. The standard InChI is InChI=1S/C10H15N3O2/c1-2-4-8-11-12-9-7(10(14)15)5-3-6-13(8)9/h7H,2-6H2,1H3,(H,14,15). The van der Waals surface area contributed by atoms with Crippen molar-refractivity contribution in [1.82, 2.24) is 14.8 Å². The van der Waals surface area contributed by atoms with Gasteiger partial charge >= 0.3 is 5.97 Å². The molecule has 5 heteroatoms. The molecule has 0 fully saturated rings. The fraction of sp³-hybridized carbons (Fsp3) is 0.700. The summed E-state index contributed by atoms with van der Waals surface area (Å²) in [6, 6.07) is 0. The van der Waals surface area contributed by atoms with Crippen molar-refractivity contribution in [3.8, 4) is 0 Å². The first-order valence-corrected chi connectivity index (χ1v) is 5.38. The van der Waals surface area contributed by atoms with Crippen LogP contribution in [0.25, 0.3) is 0 Å². The van der Waals surface area contributed by atoms with E-state index < -0.39 is 11.9 Å². The molecule has 2 rings (SSSR count). The van der Waals surface area contributed by atoms with Crippen LogP contribution in [0.2, 0.25) is 0 Å². The van der Waals surface area contributed by atoms with Crippen LogP contribution in [-0.2, 0) is 17.8 Å². The third-order valence-corrected chi connectivity index (χ3v) is 2.81. The Kier molecular flexibility index (Phi) is 2.70. The van der Waals surface area contributed by atoms with Crippen LogP contribution in [0.5, 0.6) is 0 Å². The molecule has 15 heavy (non-hydrogen) atoms. The number of hydrogen-bond donors (Lipinski definition) is 1. The number of nitrogens with zero attached hydrogens (tertiary/aromatic N) is 3. The second-order valence-corrected chi connectivity index (χ2v) is 3.91. The maximum Gasteiger partial charge on any atom is 0.314 e. The zero-order valence-corrected chi connectivity index (χ0v) is 8.81. The molecule has 2 heterocycles. The number of hydrogen-bond acceptors (Lipinski definition) is 3. The number of aliphatic carboxylic acids is 1. The largest absolute Gasteiger partial charge is 0.481 e. The molecule has 82 valence electrons. The van der Waals surface area contributed by atoms with Crippen LogP contribution in [0.4, 0.5) is 0 Å². The maximum absolute atomic E-state index is 11.0. The molecule has 0 saturated heterocycles. The van der Waals surface area contributed by atoms with Gasteiger partial charge in [-0.3, -0.25) is 4.79 Å². The highest BCUT2D eigenvalue weighted by atomic mass is 16.4. The molecule has 1 aliphatic heterocycles. The molecule has 1 aromatic rings. The normalized spacial score (nSPS) is 19.9. The Morgan fingerprint density at radius 3 is 3.07 bits per heavy atom. The summed E-state index contributed by atoms with van der Waals surface area (Å²) in [5, 5.41) is 17.1. The number of aryl methyl sites for hydroxylation is 1. The van der Waals surface area contributed by atoms with Gasteiger partial charge in [-0.25, -0.2) is 0 Å². The molecule has 1 aliphatic rings. The molecular formula is C10H15N3O2. The van der Waals surface area contributed by atoms with E-state index in [-0.39, 0.29) is 0 Å². The van der Waals surface area contributed by atoms with Crippen molar-refractivity contribution in [2.75, 3.05) is 0 Å². The predicted octanol–water partition coefficient (Wildman–Crippen LogP) is 1.19. The summed E-state index contributed by atoms with van der Waals surface area (Å²) in [5.41, 5.74) is 0. The summed E-state index contributed by atoms with van der Waals surface area (Å²) in [4.78, 5) is 11.0. The van der Waals surface area contributed by atoms with Crippen LogP contribution in [0.1, 0.15) is 43.8 Å².